The molecule has 0 amide bonds. The minimum atomic E-state index is -4.87. The van der Waals surface area contributed by atoms with E-state index in [0.717, 1.165) is 83.2 Å². The average molecular weight is 791 g/mol. The van der Waals surface area contributed by atoms with Gasteiger partial charge in [0, 0.05) is 0 Å². The van der Waals surface area contributed by atoms with Gasteiger partial charge in [-0.15, -0.1) is 0 Å². The number of hydrogen-bond acceptors (Lipinski definition) is 4. The van der Waals surface area contributed by atoms with E-state index < -0.39 is 24.1 Å². The summed E-state index contributed by atoms with van der Waals surface area (Å²) >= 11 is 0. The fourth-order valence-corrected chi connectivity index (χ4v) is 24.6. The molecule has 0 aliphatic carbocycles. The Labute approximate surface area is 330 Å². The number of hydrogen-bond donors (Lipinski definition) is 0. The first-order valence-corrected chi connectivity index (χ1v) is 25.9. The van der Waals surface area contributed by atoms with E-state index in [4.69, 9.17) is 7.94 Å². The van der Waals surface area contributed by atoms with Crippen molar-refractivity contribution in [2.75, 3.05) is 12.3 Å². The van der Waals surface area contributed by atoms with Gasteiger partial charge in [-0.25, -0.2) is 0 Å². The predicted octanol–water partition coefficient (Wildman–Crippen LogP) is 10.3. The molecule has 0 aliphatic rings. The first-order valence-electron chi connectivity index (χ1n) is 19.9. The Morgan fingerprint density at radius 2 is 0.564 bits per heavy atom. The molecule has 7 heteroatoms. The van der Waals surface area contributed by atoms with Gasteiger partial charge in [0.25, 0.3) is 0 Å². The van der Waals surface area contributed by atoms with Gasteiger partial charge in [-0.2, -0.15) is 0 Å². The van der Waals surface area contributed by atoms with Crippen LogP contribution in [0, 0.1) is 0 Å². The molecule has 0 atom stereocenters. The van der Waals surface area contributed by atoms with Crippen LogP contribution in [0.2, 0.25) is 0 Å². The molecule has 0 aliphatic heterocycles. The molecule has 0 saturated heterocycles. The third kappa shape index (κ3) is 7.76. The molecule has 288 valence electrons. The Morgan fingerprint density at radius 1 is 0.345 bits per heavy atom. The molecule has 0 spiro atoms. The zero-order chi connectivity index (χ0) is 38.6. The second-order valence-corrected chi connectivity index (χ2v) is 25.4. The molecule has 0 saturated carbocycles. The Hall–Kier alpha value is -3.95. The van der Waals surface area contributed by atoms with Crippen molar-refractivity contribution in [2.24, 2.45) is 0 Å². The Morgan fingerprint density at radius 3 is 0.764 bits per heavy atom. The van der Waals surface area contributed by atoms with Crippen molar-refractivity contribution < 1.29 is 16.4 Å². The molecule has 6 rings (SSSR count). The summed E-state index contributed by atoms with van der Waals surface area (Å²) in [5.74, 6) is 0. The summed E-state index contributed by atoms with van der Waals surface area (Å²) in [6.45, 7) is -4.36. The van der Waals surface area contributed by atoms with Gasteiger partial charge in [-0.05, 0) is 0 Å². The van der Waals surface area contributed by atoms with E-state index in [-0.39, 0.29) is 0 Å². The van der Waals surface area contributed by atoms with Gasteiger partial charge in [0.05, 0.1) is 0 Å². The topological polar surface area (TPSA) is 52.6 Å². The van der Waals surface area contributed by atoms with Crippen LogP contribution in [0.1, 0.15) is 65.2 Å². The first kappa shape index (κ1) is 40.7. The molecule has 0 aromatic heterocycles. The molecule has 0 unspecified atom stereocenters. The summed E-state index contributed by atoms with van der Waals surface area (Å²) in [5.41, 5.74) is 0. The number of unbranched alkanes of at least 4 members (excludes halogenated alkanes) is 6. The molecule has 0 radical (unpaired) electrons. The first-order chi connectivity index (χ1) is 26.8. The molecule has 0 N–H and O–H groups in total. The molecule has 6 aromatic rings. The monoisotopic (exact) mass is 790 g/mol. The third-order valence-corrected chi connectivity index (χ3v) is 26.0. The van der Waals surface area contributed by atoms with Crippen LogP contribution in [0.25, 0.3) is 0 Å². The van der Waals surface area contributed by atoms with E-state index in [2.05, 4.69) is 86.6 Å². The summed E-state index contributed by atoms with van der Waals surface area (Å²) in [7, 11) is -4.87. The Balaban J connectivity index is 1.72. The van der Waals surface area contributed by atoms with Gasteiger partial charge in [0.15, 0.2) is 0 Å². The molecule has 0 bridgehead atoms. The number of rotatable bonds is 20. The normalized spacial score (nSPS) is 13.6. The van der Waals surface area contributed by atoms with E-state index in [0.29, 0.717) is 12.3 Å². The van der Waals surface area contributed by atoms with Crippen LogP contribution in [0.4, 0.5) is 0 Å². The minimum absolute atomic E-state index is 0.501. The summed E-state index contributed by atoms with van der Waals surface area (Å²) in [4.78, 5) is 0. The summed E-state index contributed by atoms with van der Waals surface area (Å²) < 4.78 is 47.1. The summed E-state index contributed by atoms with van der Waals surface area (Å²) in [6.07, 6.45) is 8.63. The van der Waals surface area contributed by atoms with Crippen LogP contribution in [-0.2, 0) is 18.3 Å². The van der Waals surface area contributed by atoms with Crippen molar-refractivity contribution in [3.05, 3.63) is 182 Å². The molecule has 6 aromatic carbocycles. The third-order valence-electron chi connectivity index (χ3n) is 11.2. The van der Waals surface area contributed by atoms with Crippen LogP contribution in [0.3, 0.4) is 0 Å². The van der Waals surface area contributed by atoms with Gasteiger partial charge < -0.3 is 0 Å². The fourth-order valence-electron chi connectivity index (χ4n) is 8.56. The Kier molecular flexibility index (Phi) is 13.2. The number of benzene rings is 6. The Bertz CT molecular complexity index is 1820. The second kappa shape index (κ2) is 17.9. The van der Waals surface area contributed by atoms with Crippen LogP contribution in [0.5, 0.6) is 0 Å². The predicted molar refractivity (Wildman–Crippen MR) is 239 cm³/mol. The van der Waals surface area contributed by atoms with Gasteiger partial charge in [0.2, 0.25) is 0 Å². The van der Waals surface area contributed by atoms with Crippen molar-refractivity contribution in [1.29, 1.82) is 0 Å². The van der Waals surface area contributed by atoms with Crippen molar-refractivity contribution in [2.45, 2.75) is 65.2 Å². The van der Waals surface area contributed by atoms with Gasteiger partial charge in [-0.1, -0.05) is 0 Å². The van der Waals surface area contributed by atoms with Crippen molar-refractivity contribution in [3.63, 3.8) is 0 Å². The van der Waals surface area contributed by atoms with Gasteiger partial charge in [-0.3, -0.25) is 0 Å². The SMILES string of the molecule is CCCCCCP(OS(=O)(=O)OP(CCCCCC)(c1ccccc1)(c1ccccc1)c1ccccc1)(c1ccccc1)(c1ccccc1)c1ccccc1. The summed E-state index contributed by atoms with van der Waals surface area (Å²) in [5, 5.41) is 5.15. The van der Waals surface area contributed by atoms with Crippen LogP contribution in [-0.4, -0.2) is 20.7 Å². The zero-order valence-electron chi connectivity index (χ0n) is 32.3. The van der Waals surface area contributed by atoms with Crippen LogP contribution in [0.15, 0.2) is 182 Å². The van der Waals surface area contributed by atoms with Gasteiger partial charge >= 0.3 is 332 Å². The molecular weight excluding hydrogens is 735 g/mol. The molecule has 55 heavy (non-hydrogen) atoms. The summed E-state index contributed by atoms with van der Waals surface area (Å²) in [6, 6.07) is 60.6. The van der Waals surface area contributed by atoms with Gasteiger partial charge in [0.1, 0.15) is 0 Å². The zero-order valence-corrected chi connectivity index (χ0v) is 34.9. The van der Waals surface area contributed by atoms with Crippen molar-refractivity contribution in [3.8, 4) is 0 Å². The maximum absolute atomic E-state index is 16.1. The van der Waals surface area contributed by atoms with E-state index in [1.54, 1.807) is 0 Å². The van der Waals surface area contributed by atoms with E-state index in [1.165, 1.54) is 0 Å². The fraction of sp³-hybridized carbons (Fsp3) is 0.250. The molecular formula is C48H56O4P2S. The molecule has 4 nitrogen and oxygen atoms in total. The average Bonchev–Trinajstić information content (AvgIpc) is 3.25. The maximum atomic E-state index is 16.1. The van der Waals surface area contributed by atoms with E-state index >= 15 is 8.42 Å². The van der Waals surface area contributed by atoms with Crippen molar-refractivity contribution in [1.82, 2.24) is 0 Å². The van der Waals surface area contributed by atoms with E-state index in [1.807, 2.05) is 109 Å². The van der Waals surface area contributed by atoms with Crippen LogP contribution < -0.4 is 31.8 Å². The van der Waals surface area contributed by atoms with Crippen molar-refractivity contribution >= 4 is 55.9 Å². The quantitative estimate of drug-likeness (QED) is 0.0571. The molecule has 0 heterocycles. The standard InChI is InChI=1S/C48H56O4P2S/c1-3-5-7-27-41-53(43-29-15-9-16-30-43,44-31-17-10-18-32-44,45-33-19-11-20-34-45)51-55(49,50)52-54(42-28-8-6-4-2,46-35-21-12-22-36-46,47-37-23-13-24-38-47)48-39-25-14-26-40-48/h9-26,29-40H,3-8,27-28,41-42H2,1-2H3. The molecule has 0 fully saturated rings. The van der Waals surface area contributed by atoms with Crippen LogP contribution >= 0.6 is 13.7 Å². The second-order valence-electron chi connectivity index (χ2n) is 14.6. The van der Waals surface area contributed by atoms with E-state index in [9.17, 15) is 0 Å².